The Morgan fingerprint density at radius 2 is 2.32 bits per heavy atom. The van der Waals surface area contributed by atoms with E-state index in [4.69, 9.17) is 5.73 Å². The number of rotatable bonds is 4. The van der Waals surface area contributed by atoms with Crippen molar-refractivity contribution in [3.05, 3.63) is 33.9 Å². The number of nitro benzene ring substituents is 1. The third-order valence-corrected chi connectivity index (χ3v) is 3.14. The second-order valence-corrected chi connectivity index (χ2v) is 4.54. The molecule has 1 fully saturated rings. The molecule has 1 aromatic carbocycles. The maximum Gasteiger partial charge on any atom is 0.293 e. The molecule has 2 rings (SSSR count). The third kappa shape index (κ3) is 3.19. The third-order valence-electron chi connectivity index (χ3n) is 3.14. The molecule has 1 saturated heterocycles. The molecule has 102 valence electrons. The van der Waals surface area contributed by atoms with E-state index < -0.39 is 10.8 Å². The maximum atomic E-state index is 11.0. The largest absolute Gasteiger partial charge is 0.375 e. The molecule has 1 unspecified atom stereocenters. The van der Waals surface area contributed by atoms with E-state index in [9.17, 15) is 14.9 Å². The van der Waals surface area contributed by atoms with Crippen LogP contribution in [0.4, 0.5) is 11.4 Å². The highest BCUT2D eigenvalue weighted by Crippen LogP contribution is 2.26. The maximum absolute atomic E-state index is 11.0. The standard InChI is InChI=1S/C12H16N4O3/c13-12(17)8-3-4-10(11(6-8)16(18)19)15-9-2-1-5-14-7-9/h3-4,6,9,14-15H,1-2,5,7H2,(H2,13,17). The van der Waals surface area contributed by atoms with Gasteiger partial charge in [0.2, 0.25) is 5.91 Å². The smallest absolute Gasteiger partial charge is 0.293 e. The molecule has 19 heavy (non-hydrogen) atoms. The van der Waals surface area contributed by atoms with E-state index in [0.29, 0.717) is 5.69 Å². The summed E-state index contributed by atoms with van der Waals surface area (Å²) in [7, 11) is 0. The van der Waals surface area contributed by atoms with Crippen LogP contribution in [0, 0.1) is 10.1 Å². The van der Waals surface area contributed by atoms with Crippen LogP contribution in [0.15, 0.2) is 18.2 Å². The Hall–Kier alpha value is -2.15. The number of nitrogens with two attached hydrogens (primary N) is 1. The summed E-state index contributed by atoms with van der Waals surface area (Å²) in [4.78, 5) is 21.6. The highest BCUT2D eigenvalue weighted by Gasteiger charge is 2.20. The normalized spacial score (nSPS) is 18.8. The Bertz CT molecular complexity index is 498. The predicted molar refractivity (Wildman–Crippen MR) is 71.1 cm³/mol. The zero-order valence-electron chi connectivity index (χ0n) is 10.4. The quantitative estimate of drug-likeness (QED) is 0.551. The molecule has 7 nitrogen and oxygen atoms in total. The molecule has 4 N–H and O–H groups in total. The van der Waals surface area contributed by atoms with Gasteiger partial charge in [-0.3, -0.25) is 14.9 Å². The zero-order chi connectivity index (χ0) is 13.8. The molecule has 1 aliphatic heterocycles. The highest BCUT2D eigenvalue weighted by molar-refractivity contribution is 5.94. The van der Waals surface area contributed by atoms with Gasteiger partial charge in [0, 0.05) is 24.2 Å². The fraction of sp³-hybridized carbons (Fsp3) is 0.417. The number of carbonyl (C=O) groups excluding carboxylic acids is 1. The minimum Gasteiger partial charge on any atom is -0.375 e. The molecule has 0 radical (unpaired) electrons. The van der Waals surface area contributed by atoms with Crippen LogP contribution in [0.25, 0.3) is 0 Å². The number of amides is 1. The van der Waals surface area contributed by atoms with Gasteiger partial charge in [-0.2, -0.15) is 0 Å². The molecule has 1 heterocycles. The Balaban J connectivity index is 2.23. The summed E-state index contributed by atoms with van der Waals surface area (Å²) >= 11 is 0. The van der Waals surface area contributed by atoms with Gasteiger partial charge in [-0.15, -0.1) is 0 Å². The van der Waals surface area contributed by atoms with E-state index in [2.05, 4.69) is 10.6 Å². The fourth-order valence-corrected chi connectivity index (χ4v) is 2.15. The van der Waals surface area contributed by atoms with Gasteiger partial charge in [0.15, 0.2) is 0 Å². The second kappa shape index (κ2) is 5.66. The van der Waals surface area contributed by atoms with Crippen molar-refractivity contribution in [2.24, 2.45) is 5.73 Å². The number of nitrogens with zero attached hydrogens (tertiary/aromatic N) is 1. The molecular formula is C12H16N4O3. The van der Waals surface area contributed by atoms with E-state index in [1.807, 2.05) is 0 Å². The van der Waals surface area contributed by atoms with Gasteiger partial charge < -0.3 is 16.4 Å². The van der Waals surface area contributed by atoms with Crippen LogP contribution >= 0.6 is 0 Å². The molecule has 0 spiro atoms. The molecule has 7 heteroatoms. The first-order chi connectivity index (χ1) is 9.08. The van der Waals surface area contributed by atoms with Crippen molar-refractivity contribution >= 4 is 17.3 Å². The monoisotopic (exact) mass is 264 g/mol. The number of piperidine rings is 1. The van der Waals surface area contributed by atoms with Crippen LogP contribution < -0.4 is 16.4 Å². The minimum absolute atomic E-state index is 0.123. The summed E-state index contributed by atoms with van der Waals surface area (Å²) in [6, 6.07) is 4.40. The fourth-order valence-electron chi connectivity index (χ4n) is 2.15. The van der Waals surface area contributed by atoms with Crippen molar-refractivity contribution in [2.75, 3.05) is 18.4 Å². The van der Waals surface area contributed by atoms with Crippen LogP contribution in [-0.2, 0) is 0 Å². The summed E-state index contributed by atoms with van der Waals surface area (Å²) in [5.41, 5.74) is 5.56. The minimum atomic E-state index is -0.672. The molecule has 1 aliphatic rings. The summed E-state index contributed by atoms with van der Waals surface area (Å²) in [6.07, 6.45) is 1.99. The Kier molecular flexibility index (Phi) is 3.96. The molecular weight excluding hydrogens is 248 g/mol. The van der Waals surface area contributed by atoms with Crippen LogP contribution in [-0.4, -0.2) is 30.0 Å². The van der Waals surface area contributed by atoms with Crippen molar-refractivity contribution in [1.29, 1.82) is 0 Å². The first kappa shape index (κ1) is 13.3. The van der Waals surface area contributed by atoms with Gasteiger partial charge in [0.05, 0.1) is 4.92 Å². The van der Waals surface area contributed by atoms with Crippen molar-refractivity contribution in [3.8, 4) is 0 Å². The topological polar surface area (TPSA) is 110 Å². The summed E-state index contributed by atoms with van der Waals surface area (Å²) in [6.45, 7) is 1.75. The van der Waals surface area contributed by atoms with Gasteiger partial charge >= 0.3 is 0 Å². The van der Waals surface area contributed by atoms with Crippen LogP contribution in [0.1, 0.15) is 23.2 Å². The number of hydrogen-bond acceptors (Lipinski definition) is 5. The lowest BCUT2D eigenvalue weighted by molar-refractivity contribution is -0.384. The van der Waals surface area contributed by atoms with E-state index in [1.165, 1.54) is 18.2 Å². The van der Waals surface area contributed by atoms with E-state index in [-0.39, 0.29) is 17.3 Å². The van der Waals surface area contributed by atoms with Crippen molar-refractivity contribution in [3.63, 3.8) is 0 Å². The zero-order valence-corrected chi connectivity index (χ0v) is 10.4. The SMILES string of the molecule is NC(=O)c1ccc(NC2CCCNC2)c([N+](=O)[O-])c1. The molecule has 1 amide bonds. The summed E-state index contributed by atoms with van der Waals surface area (Å²) in [5, 5.41) is 17.4. The number of hydrogen-bond donors (Lipinski definition) is 3. The van der Waals surface area contributed by atoms with E-state index >= 15 is 0 Å². The van der Waals surface area contributed by atoms with Crippen LogP contribution in [0.5, 0.6) is 0 Å². The van der Waals surface area contributed by atoms with E-state index in [0.717, 1.165) is 25.9 Å². The van der Waals surface area contributed by atoms with Crippen molar-refractivity contribution in [1.82, 2.24) is 5.32 Å². The van der Waals surface area contributed by atoms with Gasteiger partial charge in [-0.05, 0) is 31.5 Å². The van der Waals surface area contributed by atoms with Gasteiger partial charge in [-0.25, -0.2) is 0 Å². The van der Waals surface area contributed by atoms with Crippen LogP contribution in [0.2, 0.25) is 0 Å². The molecule has 0 bridgehead atoms. The van der Waals surface area contributed by atoms with E-state index in [1.54, 1.807) is 0 Å². The van der Waals surface area contributed by atoms with Crippen molar-refractivity contribution < 1.29 is 9.72 Å². The van der Waals surface area contributed by atoms with Gasteiger partial charge in [-0.1, -0.05) is 0 Å². The van der Waals surface area contributed by atoms with Gasteiger partial charge in [0.25, 0.3) is 5.69 Å². The lowest BCUT2D eigenvalue weighted by Crippen LogP contribution is -2.38. The molecule has 1 aromatic rings. The number of nitrogens with one attached hydrogen (secondary N) is 2. The molecule has 0 aromatic heterocycles. The number of carbonyl (C=O) groups is 1. The summed E-state index contributed by atoms with van der Waals surface area (Å²) < 4.78 is 0. The number of primary amides is 1. The Morgan fingerprint density at radius 1 is 1.53 bits per heavy atom. The van der Waals surface area contributed by atoms with Gasteiger partial charge in [0.1, 0.15) is 5.69 Å². The molecule has 0 aliphatic carbocycles. The lowest BCUT2D eigenvalue weighted by Gasteiger charge is -2.24. The van der Waals surface area contributed by atoms with Crippen molar-refractivity contribution in [2.45, 2.75) is 18.9 Å². The lowest BCUT2D eigenvalue weighted by atomic mass is 10.1. The first-order valence-corrected chi connectivity index (χ1v) is 6.13. The average Bonchev–Trinajstić information content (AvgIpc) is 2.39. The predicted octanol–water partition coefficient (Wildman–Crippen LogP) is 0.858. The Morgan fingerprint density at radius 3 is 2.89 bits per heavy atom. The number of benzene rings is 1. The molecule has 0 saturated carbocycles. The first-order valence-electron chi connectivity index (χ1n) is 6.13. The van der Waals surface area contributed by atoms with Crippen LogP contribution in [0.3, 0.4) is 0 Å². The molecule has 1 atom stereocenters. The average molecular weight is 264 g/mol. The summed E-state index contributed by atoms with van der Waals surface area (Å²) in [5.74, 6) is -0.672. The number of anilines is 1. The highest BCUT2D eigenvalue weighted by atomic mass is 16.6. The number of nitro groups is 1. The second-order valence-electron chi connectivity index (χ2n) is 4.54. The Labute approximate surface area is 110 Å².